The van der Waals surface area contributed by atoms with Crippen molar-refractivity contribution in [3.05, 3.63) is 52.7 Å². The predicted octanol–water partition coefficient (Wildman–Crippen LogP) is 7.19. The molecular weight excluding hydrogens is 512 g/mol. The number of nitrogens with zero attached hydrogens (tertiary/aromatic N) is 2. The minimum absolute atomic E-state index is 0.150. The maximum Gasteiger partial charge on any atom is 0.415 e. The summed E-state index contributed by atoms with van der Waals surface area (Å²) in [6.45, 7) is 16.3. The number of carbonyl (C=O) groups excluding carboxylic acids is 2. The van der Waals surface area contributed by atoms with Crippen molar-refractivity contribution in [2.45, 2.75) is 90.3 Å². The van der Waals surface area contributed by atoms with E-state index in [0.29, 0.717) is 24.1 Å². The predicted molar refractivity (Wildman–Crippen MR) is 156 cm³/mol. The lowest BCUT2D eigenvalue weighted by atomic mass is 9.76. The number of hydrogen-bond acceptors (Lipinski definition) is 6. The third-order valence-corrected chi connectivity index (χ3v) is 8.91. The lowest BCUT2D eigenvalue weighted by molar-refractivity contribution is 0.00538. The normalized spacial score (nSPS) is 27.0. The fourth-order valence-electron chi connectivity index (χ4n) is 5.92. The summed E-state index contributed by atoms with van der Waals surface area (Å²) in [4.78, 5) is 31.3. The third kappa shape index (κ3) is 5.81. The monoisotopic (exact) mass is 556 g/mol. The molecule has 2 aliphatic heterocycles. The smallest absolute Gasteiger partial charge is 0.415 e. The second-order valence-corrected chi connectivity index (χ2v) is 13.8. The van der Waals surface area contributed by atoms with Crippen LogP contribution >= 0.6 is 11.8 Å². The number of benzene rings is 1. The molecule has 5 atom stereocenters. The van der Waals surface area contributed by atoms with Crippen molar-refractivity contribution in [1.29, 1.82) is 0 Å². The molecule has 0 fully saturated rings. The Hall–Kier alpha value is -2.61. The molecule has 1 aromatic rings. The van der Waals surface area contributed by atoms with Crippen molar-refractivity contribution < 1.29 is 23.8 Å². The fraction of sp³-hybridized carbons (Fsp3) is 0.613. The number of amides is 2. The maximum absolute atomic E-state index is 14.0. The molecule has 5 unspecified atom stereocenters. The van der Waals surface area contributed by atoms with Gasteiger partial charge in [-0.2, -0.15) is 11.8 Å². The molecule has 0 N–H and O–H groups in total. The molecule has 1 aliphatic carbocycles. The van der Waals surface area contributed by atoms with E-state index >= 15 is 0 Å². The average molecular weight is 557 g/mol. The Morgan fingerprint density at radius 1 is 0.923 bits per heavy atom. The zero-order valence-electron chi connectivity index (χ0n) is 25.0. The largest absolute Gasteiger partial charge is 0.497 e. The molecule has 0 bridgehead atoms. The zero-order valence-corrected chi connectivity index (χ0v) is 25.8. The van der Waals surface area contributed by atoms with Gasteiger partial charge in [0.25, 0.3) is 0 Å². The van der Waals surface area contributed by atoms with E-state index in [1.807, 2.05) is 82.5 Å². The minimum atomic E-state index is -0.662. The first-order valence-electron chi connectivity index (χ1n) is 13.8. The van der Waals surface area contributed by atoms with E-state index in [4.69, 9.17) is 14.2 Å². The summed E-state index contributed by atoms with van der Waals surface area (Å²) in [5.74, 6) is 1.29. The molecule has 39 heavy (non-hydrogen) atoms. The molecule has 2 amide bonds. The minimum Gasteiger partial charge on any atom is -0.497 e. The SMILES string of the molecule is COc1ccc(C2C3=C(CCN2C(=O)OC(C)(C)C)C2=CC(SC)C(C)C(C)C2N3C(=O)OC(C)(C)C)cc1. The van der Waals surface area contributed by atoms with Crippen molar-refractivity contribution in [3.8, 4) is 5.75 Å². The van der Waals surface area contributed by atoms with Gasteiger partial charge in [-0.1, -0.05) is 32.1 Å². The second-order valence-electron chi connectivity index (χ2n) is 12.8. The first kappa shape index (κ1) is 29.4. The molecule has 214 valence electrons. The van der Waals surface area contributed by atoms with Gasteiger partial charge in [-0.05, 0) is 94.9 Å². The Kier molecular flexibility index (Phi) is 8.10. The van der Waals surface area contributed by atoms with Crippen LogP contribution in [0.15, 0.2) is 47.2 Å². The number of ether oxygens (including phenoxy) is 3. The van der Waals surface area contributed by atoms with Crippen molar-refractivity contribution in [2.75, 3.05) is 19.9 Å². The van der Waals surface area contributed by atoms with Crippen LogP contribution in [0, 0.1) is 11.8 Å². The molecule has 0 spiro atoms. The molecule has 4 rings (SSSR count). The number of fused-ring (bicyclic) bond motifs is 2. The maximum atomic E-state index is 14.0. The molecule has 1 aromatic carbocycles. The van der Waals surface area contributed by atoms with Crippen molar-refractivity contribution in [3.63, 3.8) is 0 Å². The second kappa shape index (κ2) is 10.8. The van der Waals surface area contributed by atoms with Crippen LogP contribution in [-0.4, -0.2) is 64.4 Å². The van der Waals surface area contributed by atoms with E-state index in [2.05, 4.69) is 26.2 Å². The topological polar surface area (TPSA) is 68.3 Å². The number of methoxy groups -OCH3 is 1. The number of hydrogen-bond donors (Lipinski definition) is 0. The molecule has 0 saturated carbocycles. The summed E-state index contributed by atoms with van der Waals surface area (Å²) in [5.41, 5.74) is 2.74. The van der Waals surface area contributed by atoms with Crippen molar-refractivity contribution in [1.82, 2.24) is 9.80 Å². The number of thioether (sulfide) groups is 1. The highest BCUT2D eigenvalue weighted by Crippen LogP contribution is 2.53. The number of carbonyl (C=O) groups is 2. The van der Waals surface area contributed by atoms with Crippen LogP contribution < -0.4 is 4.74 Å². The Morgan fingerprint density at radius 3 is 2.05 bits per heavy atom. The average Bonchev–Trinajstić information content (AvgIpc) is 3.18. The summed E-state index contributed by atoms with van der Waals surface area (Å²) >= 11 is 1.85. The van der Waals surface area contributed by atoms with Crippen LogP contribution in [-0.2, 0) is 9.47 Å². The third-order valence-electron chi connectivity index (χ3n) is 7.80. The number of rotatable bonds is 3. The summed E-state index contributed by atoms with van der Waals surface area (Å²) in [6.07, 6.45) is 4.37. The van der Waals surface area contributed by atoms with Gasteiger partial charge in [0.15, 0.2) is 0 Å². The van der Waals surface area contributed by atoms with Crippen LogP contribution in [0.1, 0.15) is 73.4 Å². The first-order chi connectivity index (χ1) is 18.2. The lowest BCUT2D eigenvalue weighted by Crippen LogP contribution is -2.50. The van der Waals surface area contributed by atoms with Crippen LogP contribution in [0.25, 0.3) is 0 Å². The van der Waals surface area contributed by atoms with E-state index < -0.39 is 23.3 Å². The summed E-state index contributed by atoms with van der Waals surface area (Å²) in [6, 6.07) is 7.07. The van der Waals surface area contributed by atoms with Crippen LogP contribution in [0.4, 0.5) is 9.59 Å². The molecular formula is C31H44N2O5S. The van der Waals surface area contributed by atoms with E-state index in [0.717, 1.165) is 22.6 Å². The Labute approximate surface area is 237 Å². The molecule has 0 radical (unpaired) electrons. The van der Waals surface area contributed by atoms with Crippen LogP contribution in [0.2, 0.25) is 0 Å². The summed E-state index contributed by atoms with van der Waals surface area (Å²) in [7, 11) is 1.63. The highest BCUT2D eigenvalue weighted by atomic mass is 32.2. The van der Waals surface area contributed by atoms with E-state index in [9.17, 15) is 9.59 Å². The van der Waals surface area contributed by atoms with Crippen LogP contribution in [0.3, 0.4) is 0 Å². The molecule has 8 heteroatoms. The highest BCUT2D eigenvalue weighted by Gasteiger charge is 2.53. The van der Waals surface area contributed by atoms with E-state index in [-0.39, 0.29) is 18.1 Å². The quantitative estimate of drug-likeness (QED) is 0.392. The molecule has 0 aromatic heterocycles. The van der Waals surface area contributed by atoms with E-state index in [1.54, 1.807) is 12.0 Å². The summed E-state index contributed by atoms with van der Waals surface area (Å²) in [5, 5.41) is 0.349. The standard InChI is InChI=1S/C31H44N2O5S/c1-18-19(2)25-23(17-24(18)39-10)22-15-16-32(28(34)37-30(3,4)5)26(20-11-13-21(36-9)14-12-20)27(22)33(25)29(35)38-31(6,7)8/h11-14,17-19,24-26H,15-16H2,1-10H3. The molecule has 3 aliphatic rings. The van der Waals surface area contributed by atoms with Gasteiger partial charge in [-0.15, -0.1) is 0 Å². The molecule has 7 nitrogen and oxygen atoms in total. The highest BCUT2D eigenvalue weighted by molar-refractivity contribution is 7.99. The van der Waals surface area contributed by atoms with Gasteiger partial charge in [-0.25, -0.2) is 9.59 Å². The summed E-state index contributed by atoms with van der Waals surface area (Å²) < 4.78 is 17.3. The van der Waals surface area contributed by atoms with Gasteiger partial charge in [0.05, 0.1) is 18.8 Å². The molecule has 0 saturated heterocycles. The van der Waals surface area contributed by atoms with Crippen molar-refractivity contribution in [2.24, 2.45) is 11.8 Å². The van der Waals surface area contributed by atoms with Gasteiger partial charge >= 0.3 is 12.2 Å². The van der Waals surface area contributed by atoms with Gasteiger partial charge < -0.3 is 14.2 Å². The Bertz CT molecular complexity index is 1160. The van der Waals surface area contributed by atoms with Gasteiger partial charge in [0, 0.05) is 11.8 Å². The van der Waals surface area contributed by atoms with E-state index in [1.165, 1.54) is 5.57 Å². The van der Waals surface area contributed by atoms with Crippen LogP contribution in [0.5, 0.6) is 5.75 Å². The fourth-order valence-corrected chi connectivity index (χ4v) is 6.88. The first-order valence-corrected chi connectivity index (χ1v) is 15.1. The van der Waals surface area contributed by atoms with Gasteiger partial charge in [0.2, 0.25) is 0 Å². The van der Waals surface area contributed by atoms with Gasteiger partial charge in [-0.3, -0.25) is 9.80 Å². The zero-order chi connectivity index (χ0) is 28.9. The Morgan fingerprint density at radius 2 is 1.51 bits per heavy atom. The lowest BCUT2D eigenvalue weighted by Gasteiger charge is -2.43. The van der Waals surface area contributed by atoms with Gasteiger partial charge in [0.1, 0.15) is 23.0 Å². The Balaban J connectivity index is 1.92. The molecule has 2 heterocycles. The van der Waals surface area contributed by atoms with Crippen molar-refractivity contribution >= 4 is 23.9 Å².